The quantitative estimate of drug-likeness (QED) is 0.731. The Balaban J connectivity index is 2.94. The standard InChI is InChI=1S/C12H10ClNO/c1-9(15)11-6-5-10(12(13)8-11)4-2-3-7-14/h2,4-6,8H,3H2,1H3. The number of ketones is 1. The zero-order valence-corrected chi connectivity index (χ0v) is 9.08. The lowest BCUT2D eigenvalue weighted by molar-refractivity contribution is 0.101. The predicted octanol–water partition coefficient (Wildman–Crippen LogP) is 3.47. The Bertz CT molecular complexity index is 443. The summed E-state index contributed by atoms with van der Waals surface area (Å²) in [6.07, 6.45) is 3.86. The molecule has 0 aliphatic carbocycles. The molecule has 2 nitrogen and oxygen atoms in total. The average Bonchev–Trinajstić information content (AvgIpc) is 2.20. The molecular weight excluding hydrogens is 210 g/mol. The zero-order valence-electron chi connectivity index (χ0n) is 8.33. The van der Waals surface area contributed by atoms with Crippen molar-refractivity contribution in [3.8, 4) is 6.07 Å². The number of rotatable bonds is 3. The SMILES string of the molecule is CC(=O)c1ccc(C=CCC#N)c(Cl)c1. The van der Waals surface area contributed by atoms with Crippen LogP contribution in [0.25, 0.3) is 6.08 Å². The number of benzene rings is 1. The van der Waals surface area contributed by atoms with Crippen LogP contribution in [-0.2, 0) is 0 Å². The first kappa shape index (κ1) is 11.5. The Labute approximate surface area is 93.8 Å². The van der Waals surface area contributed by atoms with Crippen LogP contribution < -0.4 is 0 Å². The first-order chi connectivity index (χ1) is 7.15. The molecule has 0 bridgehead atoms. The third-order valence-electron chi connectivity index (χ3n) is 1.91. The molecule has 1 aromatic carbocycles. The van der Waals surface area contributed by atoms with Crippen LogP contribution in [0, 0.1) is 11.3 Å². The van der Waals surface area contributed by atoms with E-state index in [9.17, 15) is 4.79 Å². The summed E-state index contributed by atoms with van der Waals surface area (Å²) in [4.78, 5) is 11.0. The third kappa shape index (κ3) is 3.23. The summed E-state index contributed by atoms with van der Waals surface area (Å²) < 4.78 is 0. The van der Waals surface area contributed by atoms with E-state index in [1.54, 1.807) is 30.4 Å². The maximum Gasteiger partial charge on any atom is 0.159 e. The van der Waals surface area contributed by atoms with E-state index in [1.165, 1.54) is 6.92 Å². The van der Waals surface area contributed by atoms with Gasteiger partial charge in [0.25, 0.3) is 0 Å². The van der Waals surface area contributed by atoms with Gasteiger partial charge in [-0.15, -0.1) is 0 Å². The van der Waals surface area contributed by atoms with Gasteiger partial charge in [0.05, 0.1) is 12.5 Å². The Hall–Kier alpha value is -1.59. The van der Waals surface area contributed by atoms with Crippen molar-refractivity contribution in [2.24, 2.45) is 0 Å². The van der Waals surface area contributed by atoms with Crippen LogP contribution in [0.1, 0.15) is 29.3 Å². The number of hydrogen-bond donors (Lipinski definition) is 0. The number of nitrogens with zero attached hydrogens (tertiary/aromatic N) is 1. The average molecular weight is 220 g/mol. The Morgan fingerprint density at radius 2 is 2.33 bits per heavy atom. The minimum absolute atomic E-state index is 0.00976. The highest BCUT2D eigenvalue weighted by molar-refractivity contribution is 6.32. The molecular formula is C12H10ClNO. The second-order valence-corrected chi connectivity index (χ2v) is 3.46. The second-order valence-electron chi connectivity index (χ2n) is 3.06. The number of carbonyl (C=O) groups excluding carboxylic acids is 1. The minimum Gasteiger partial charge on any atom is -0.295 e. The van der Waals surface area contributed by atoms with Gasteiger partial charge >= 0.3 is 0 Å². The number of allylic oxidation sites excluding steroid dienone is 1. The predicted molar refractivity (Wildman–Crippen MR) is 60.7 cm³/mol. The van der Waals surface area contributed by atoms with Gasteiger partial charge in [0.15, 0.2) is 5.78 Å². The molecule has 0 saturated carbocycles. The fraction of sp³-hybridized carbons (Fsp3) is 0.167. The van der Waals surface area contributed by atoms with Gasteiger partial charge in [0.1, 0.15) is 0 Å². The maximum atomic E-state index is 11.0. The van der Waals surface area contributed by atoms with Gasteiger partial charge in [-0.05, 0) is 18.6 Å². The van der Waals surface area contributed by atoms with Crippen LogP contribution in [0.5, 0.6) is 0 Å². The third-order valence-corrected chi connectivity index (χ3v) is 2.24. The molecule has 0 heterocycles. The summed E-state index contributed by atoms with van der Waals surface area (Å²) in [6, 6.07) is 7.13. The number of nitriles is 1. The van der Waals surface area contributed by atoms with E-state index in [-0.39, 0.29) is 5.78 Å². The maximum absolute atomic E-state index is 11.0. The Morgan fingerprint density at radius 3 is 2.87 bits per heavy atom. The van der Waals surface area contributed by atoms with Crippen LogP contribution >= 0.6 is 11.6 Å². The first-order valence-corrected chi connectivity index (χ1v) is 4.87. The van der Waals surface area contributed by atoms with Crippen LogP contribution in [0.3, 0.4) is 0 Å². The van der Waals surface area contributed by atoms with Crippen molar-refractivity contribution in [2.75, 3.05) is 0 Å². The topological polar surface area (TPSA) is 40.9 Å². The van der Waals surface area contributed by atoms with Gasteiger partial charge in [-0.2, -0.15) is 5.26 Å². The van der Waals surface area contributed by atoms with E-state index < -0.39 is 0 Å². The van der Waals surface area contributed by atoms with Crippen molar-refractivity contribution in [3.63, 3.8) is 0 Å². The molecule has 0 aliphatic heterocycles. The smallest absolute Gasteiger partial charge is 0.159 e. The molecule has 76 valence electrons. The van der Waals surface area contributed by atoms with E-state index in [0.29, 0.717) is 17.0 Å². The van der Waals surface area contributed by atoms with Gasteiger partial charge in [-0.3, -0.25) is 4.79 Å². The molecule has 0 aromatic heterocycles. The van der Waals surface area contributed by atoms with Gasteiger partial charge in [0, 0.05) is 10.6 Å². The first-order valence-electron chi connectivity index (χ1n) is 4.49. The van der Waals surface area contributed by atoms with Crippen molar-refractivity contribution in [1.29, 1.82) is 5.26 Å². The Morgan fingerprint density at radius 1 is 1.60 bits per heavy atom. The normalized spacial score (nSPS) is 10.2. The summed E-state index contributed by atoms with van der Waals surface area (Å²) in [6.45, 7) is 1.50. The van der Waals surface area contributed by atoms with E-state index in [0.717, 1.165) is 5.56 Å². The van der Waals surface area contributed by atoms with Gasteiger partial charge in [0.2, 0.25) is 0 Å². The van der Waals surface area contributed by atoms with E-state index in [1.807, 2.05) is 6.07 Å². The molecule has 0 amide bonds. The van der Waals surface area contributed by atoms with Crippen LogP contribution in [0.2, 0.25) is 5.02 Å². The molecule has 0 atom stereocenters. The highest BCUT2D eigenvalue weighted by Gasteiger charge is 2.02. The molecule has 0 unspecified atom stereocenters. The molecule has 0 radical (unpaired) electrons. The largest absolute Gasteiger partial charge is 0.295 e. The lowest BCUT2D eigenvalue weighted by Gasteiger charge is -2.00. The molecule has 0 spiro atoms. The van der Waals surface area contributed by atoms with Crippen LogP contribution in [0.4, 0.5) is 0 Å². The highest BCUT2D eigenvalue weighted by atomic mass is 35.5. The molecule has 0 aliphatic rings. The highest BCUT2D eigenvalue weighted by Crippen LogP contribution is 2.19. The minimum atomic E-state index is -0.00976. The van der Waals surface area contributed by atoms with Crippen molar-refractivity contribution in [1.82, 2.24) is 0 Å². The molecule has 0 N–H and O–H groups in total. The van der Waals surface area contributed by atoms with Gasteiger partial charge in [-0.25, -0.2) is 0 Å². The fourth-order valence-electron chi connectivity index (χ4n) is 1.12. The lowest BCUT2D eigenvalue weighted by Crippen LogP contribution is -1.91. The molecule has 15 heavy (non-hydrogen) atoms. The number of halogens is 1. The van der Waals surface area contributed by atoms with E-state index >= 15 is 0 Å². The summed E-state index contributed by atoms with van der Waals surface area (Å²) in [7, 11) is 0. The molecule has 3 heteroatoms. The number of hydrogen-bond acceptors (Lipinski definition) is 2. The van der Waals surface area contributed by atoms with Gasteiger partial charge in [-0.1, -0.05) is 35.9 Å². The molecule has 0 fully saturated rings. The van der Waals surface area contributed by atoms with Crippen LogP contribution in [-0.4, -0.2) is 5.78 Å². The Kier molecular flexibility index (Phi) is 4.08. The summed E-state index contributed by atoms with van der Waals surface area (Å²) in [5.41, 5.74) is 1.41. The molecule has 0 saturated heterocycles. The van der Waals surface area contributed by atoms with E-state index in [2.05, 4.69) is 0 Å². The van der Waals surface area contributed by atoms with Crippen molar-refractivity contribution < 1.29 is 4.79 Å². The van der Waals surface area contributed by atoms with Crippen molar-refractivity contribution in [2.45, 2.75) is 13.3 Å². The molecule has 1 aromatic rings. The number of carbonyl (C=O) groups is 1. The van der Waals surface area contributed by atoms with E-state index in [4.69, 9.17) is 16.9 Å². The van der Waals surface area contributed by atoms with Crippen molar-refractivity contribution in [3.05, 3.63) is 40.4 Å². The van der Waals surface area contributed by atoms with Crippen molar-refractivity contribution >= 4 is 23.5 Å². The lowest BCUT2D eigenvalue weighted by atomic mass is 10.1. The number of Topliss-reactive ketones (excluding diaryl/α,β-unsaturated/α-hetero) is 1. The second kappa shape index (κ2) is 5.33. The fourth-order valence-corrected chi connectivity index (χ4v) is 1.36. The zero-order chi connectivity index (χ0) is 11.3. The molecule has 1 rings (SSSR count). The summed E-state index contributed by atoms with van der Waals surface area (Å²) >= 11 is 5.97. The summed E-state index contributed by atoms with van der Waals surface area (Å²) in [5, 5.41) is 8.88. The monoisotopic (exact) mass is 219 g/mol. The summed E-state index contributed by atoms with van der Waals surface area (Å²) in [5.74, 6) is -0.00976. The van der Waals surface area contributed by atoms with Gasteiger partial charge < -0.3 is 0 Å². The van der Waals surface area contributed by atoms with Crippen LogP contribution in [0.15, 0.2) is 24.3 Å².